The number of hydrogen-bond acceptors (Lipinski definition) is 2. The summed E-state index contributed by atoms with van der Waals surface area (Å²) in [5, 5.41) is 18.5. The Kier molecular flexibility index (Phi) is 4.78. The highest BCUT2D eigenvalue weighted by Crippen LogP contribution is 2.27. The molecule has 2 N–H and O–H groups in total. The maximum atomic E-state index is 10.6. The Morgan fingerprint density at radius 1 is 1.58 bits per heavy atom. The van der Waals surface area contributed by atoms with E-state index in [0.717, 1.165) is 6.42 Å². The lowest BCUT2D eigenvalue weighted by atomic mass is 9.91. The van der Waals surface area contributed by atoms with Gasteiger partial charge in [-0.05, 0) is 12.8 Å². The predicted molar refractivity (Wildman–Crippen MR) is 50.5 cm³/mol. The van der Waals surface area contributed by atoms with Crippen LogP contribution < -0.4 is 0 Å². The molecule has 0 unspecified atom stereocenters. The molecule has 12 heavy (non-hydrogen) atoms. The monoisotopic (exact) mass is 238 g/mol. The molecule has 0 aliphatic heterocycles. The summed E-state index contributed by atoms with van der Waals surface area (Å²) in [5.74, 6) is -1.01. The van der Waals surface area contributed by atoms with Crippen LogP contribution in [0.4, 0.5) is 0 Å². The Morgan fingerprint density at radius 2 is 2.08 bits per heavy atom. The second-order valence-electron chi connectivity index (χ2n) is 2.91. The van der Waals surface area contributed by atoms with Gasteiger partial charge in [-0.3, -0.25) is 4.79 Å². The minimum atomic E-state index is -1.11. The van der Waals surface area contributed by atoms with E-state index in [0.29, 0.717) is 12.8 Å². The maximum Gasteiger partial charge on any atom is 0.320 e. The molecule has 0 amide bonds. The van der Waals surface area contributed by atoms with Crippen LogP contribution in [0.15, 0.2) is 0 Å². The molecule has 0 saturated heterocycles. The van der Waals surface area contributed by atoms with Crippen molar-refractivity contribution in [2.75, 3.05) is 0 Å². The average molecular weight is 239 g/mol. The van der Waals surface area contributed by atoms with Crippen molar-refractivity contribution in [1.29, 1.82) is 0 Å². The maximum absolute atomic E-state index is 10.6. The van der Waals surface area contributed by atoms with Crippen LogP contribution in [-0.2, 0) is 4.79 Å². The fraction of sp³-hybridized carbons (Fsp3) is 0.875. The van der Waals surface area contributed by atoms with Crippen molar-refractivity contribution in [3.05, 3.63) is 0 Å². The topological polar surface area (TPSA) is 57.5 Å². The summed E-state index contributed by atoms with van der Waals surface area (Å²) in [5.41, 5.74) is -1.11. The number of rotatable bonds is 5. The molecule has 0 heterocycles. The van der Waals surface area contributed by atoms with Gasteiger partial charge < -0.3 is 10.2 Å². The van der Waals surface area contributed by atoms with Gasteiger partial charge in [0.2, 0.25) is 0 Å². The molecule has 0 aliphatic carbocycles. The minimum absolute atomic E-state index is 0.447. The Hall–Kier alpha value is -0.0900. The number of carboxylic acids is 1. The zero-order valence-corrected chi connectivity index (χ0v) is 8.97. The summed E-state index contributed by atoms with van der Waals surface area (Å²) < 4.78 is 0. The SMILES string of the molecule is CCC[C@@](O)(CC)[C@@H](Br)C(=O)O. The minimum Gasteiger partial charge on any atom is -0.480 e. The molecule has 0 fully saturated rings. The van der Waals surface area contributed by atoms with Crippen molar-refractivity contribution in [2.24, 2.45) is 0 Å². The molecule has 0 aromatic heterocycles. The van der Waals surface area contributed by atoms with Crippen LogP contribution in [0, 0.1) is 0 Å². The lowest BCUT2D eigenvalue weighted by Crippen LogP contribution is -2.42. The van der Waals surface area contributed by atoms with Gasteiger partial charge >= 0.3 is 5.97 Å². The number of alkyl halides is 1. The van der Waals surface area contributed by atoms with Crippen molar-refractivity contribution in [3.8, 4) is 0 Å². The molecule has 4 heteroatoms. The van der Waals surface area contributed by atoms with Gasteiger partial charge in [0.05, 0.1) is 5.60 Å². The normalized spacial score (nSPS) is 18.3. The summed E-state index contributed by atoms with van der Waals surface area (Å²) in [7, 11) is 0. The highest BCUT2D eigenvalue weighted by atomic mass is 79.9. The van der Waals surface area contributed by atoms with Gasteiger partial charge in [0.1, 0.15) is 4.83 Å². The fourth-order valence-electron chi connectivity index (χ4n) is 1.15. The van der Waals surface area contributed by atoms with Gasteiger partial charge in [0, 0.05) is 0 Å². The quantitative estimate of drug-likeness (QED) is 0.719. The molecule has 0 aliphatic rings. The highest BCUT2D eigenvalue weighted by molar-refractivity contribution is 9.10. The molecule has 0 radical (unpaired) electrons. The number of hydrogen-bond donors (Lipinski definition) is 2. The summed E-state index contributed by atoms with van der Waals surface area (Å²) in [6.45, 7) is 3.70. The van der Waals surface area contributed by atoms with E-state index in [4.69, 9.17) is 5.11 Å². The van der Waals surface area contributed by atoms with E-state index >= 15 is 0 Å². The van der Waals surface area contributed by atoms with E-state index in [2.05, 4.69) is 15.9 Å². The lowest BCUT2D eigenvalue weighted by Gasteiger charge is -2.28. The van der Waals surface area contributed by atoms with Crippen LogP contribution in [0.25, 0.3) is 0 Å². The smallest absolute Gasteiger partial charge is 0.320 e. The molecular weight excluding hydrogens is 224 g/mol. The molecule has 0 aromatic rings. The van der Waals surface area contributed by atoms with Crippen LogP contribution >= 0.6 is 15.9 Å². The fourth-order valence-corrected chi connectivity index (χ4v) is 1.70. The number of aliphatic carboxylic acids is 1. The first-order chi connectivity index (χ1) is 5.48. The van der Waals surface area contributed by atoms with Gasteiger partial charge in [0.25, 0.3) is 0 Å². The molecule has 0 spiro atoms. The number of carbonyl (C=O) groups is 1. The molecule has 3 nitrogen and oxygen atoms in total. The van der Waals surface area contributed by atoms with Gasteiger partial charge in [-0.1, -0.05) is 36.2 Å². The van der Waals surface area contributed by atoms with Crippen molar-refractivity contribution in [1.82, 2.24) is 0 Å². The Morgan fingerprint density at radius 3 is 2.33 bits per heavy atom. The van der Waals surface area contributed by atoms with E-state index in [1.54, 1.807) is 6.92 Å². The average Bonchev–Trinajstić information content (AvgIpc) is 2.03. The highest BCUT2D eigenvalue weighted by Gasteiger charge is 2.37. The summed E-state index contributed by atoms with van der Waals surface area (Å²) in [6.07, 6.45) is 1.73. The van der Waals surface area contributed by atoms with Crippen LogP contribution in [0.5, 0.6) is 0 Å². The molecular formula is C8H15BrO3. The first-order valence-corrected chi connectivity index (χ1v) is 4.98. The van der Waals surface area contributed by atoms with Crippen LogP contribution in [0.2, 0.25) is 0 Å². The Bertz CT molecular complexity index is 160. The standard InChI is InChI=1S/C8H15BrO3/c1-3-5-8(12,4-2)6(9)7(10)11/h6,12H,3-5H2,1-2H3,(H,10,11)/t6-,8-/m0/s1. The van der Waals surface area contributed by atoms with Gasteiger partial charge in [0.15, 0.2) is 0 Å². The molecule has 0 bridgehead atoms. The number of carboxylic acid groups (broad SMARTS) is 1. The molecule has 2 atom stereocenters. The summed E-state index contributed by atoms with van der Waals surface area (Å²) in [4.78, 5) is 9.71. The van der Waals surface area contributed by atoms with E-state index < -0.39 is 16.4 Å². The van der Waals surface area contributed by atoms with Crippen molar-refractivity contribution >= 4 is 21.9 Å². The van der Waals surface area contributed by atoms with E-state index in [9.17, 15) is 9.90 Å². The third-order valence-corrected chi connectivity index (χ3v) is 3.23. The van der Waals surface area contributed by atoms with Crippen LogP contribution in [0.3, 0.4) is 0 Å². The second kappa shape index (κ2) is 4.82. The zero-order chi connectivity index (χ0) is 9.78. The van der Waals surface area contributed by atoms with Crippen molar-refractivity contribution in [3.63, 3.8) is 0 Å². The van der Waals surface area contributed by atoms with E-state index in [-0.39, 0.29) is 0 Å². The molecule has 72 valence electrons. The first-order valence-electron chi connectivity index (χ1n) is 4.07. The summed E-state index contributed by atoms with van der Waals surface area (Å²) in [6, 6.07) is 0. The van der Waals surface area contributed by atoms with Crippen molar-refractivity contribution < 1.29 is 15.0 Å². The third kappa shape index (κ3) is 2.75. The molecule has 0 saturated carbocycles. The third-order valence-electron chi connectivity index (χ3n) is 1.98. The zero-order valence-electron chi connectivity index (χ0n) is 7.38. The van der Waals surface area contributed by atoms with Crippen LogP contribution in [-0.4, -0.2) is 26.6 Å². The second-order valence-corrected chi connectivity index (χ2v) is 3.82. The predicted octanol–water partition coefficient (Wildman–Crippen LogP) is 1.78. The van der Waals surface area contributed by atoms with Gasteiger partial charge in [-0.2, -0.15) is 0 Å². The van der Waals surface area contributed by atoms with Crippen LogP contribution in [0.1, 0.15) is 33.1 Å². The van der Waals surface area contributed by atoms with Gasteiger partial charge in [-0.15, -0.1) is 0 Å². The van der Waals surface area contributed by atoms with E-state index in [1.807, 2.05) is 6.92 Å². The number of aliphatic hydroxyl groups is 1. The lowest BCUT2D eigenvalue weighted by molar-refractivity contribution is -0.141. The summed E-state index contributed by atoms with van der Waals surface area (Å²) >= 11 is 2.98. The van der Waals surface area contributed by atoms with Gasteiger partial charge in [-0.25, -0.2) is 0 Å². The Balaban J connectivity index is 4.38. The van der Waals surface area contributed by atoms with Crippen molar-refractivity contribution in [2.45, 2.75) is 43.5 Å². The molecule has 0 rings (SSSR count). The Labute approximate surface area is 80.9 Å². The first kappa shape index (κ1) is 11.9. The number of halogens is 1. The molecule has 0 aromatic carbocycles. The van der Waals surface area contributed by atoms with E-state index in [1.165, 1.54) is 0 Å². The largest absolute Gasteiger partial charge is 0.480 e.